The summed E-state index contributed by atoms with van der Waals surface area (Å²) in [6.07, 6.45) is 6.85. The first-order valence-electron chi connectivity index (χ1n) is 10.8. The molecule has 1 aromatic carbocycles. The minimum absolute atomic E-state index is 0.0143. The first-order valence-corrected chi connectivity index (χ1v) is 10.8. The predicted molar refractivity (Wildman–Crippen MR) is 117 cm³/mol. The second-order valence-electron chi connectivity index (χ2n) is 8.32. The molecule has 3 aromatic heterocycles. The number of carbonyl (C=O) groups is 1. The molecule has 4 aromatic rings. The summed E-state index contributed by atoms with van der Waals surface area (Å²) >= 11 is 0. The number of hydrogen-bond acceptors (Lipinski definition) is 6. The van der Waals surface area contributed by atoms with Crippen molar-refractivity contribution in [2.24, 2.45) is 7.05 Å². The molecule has 0 spiro atoms. The van der Waals surface area contributed by atoms with Gasteiger partial charge in [0.15, 0.2) is 17.5 Å². The van der Waals surface area contributed by atoms with E-state index in [0.29, 0.717) is 12.0 Å². The Morgan fingerprint density at radius 2 is 1.97 bits per heavy atom. The van der Waals surface area contributed by atoms with E-state index in [1.165, 1.54) is 23.3 Å². The standard InChI is InChI=1S/C22H21F3N8O/c1-33-10-28-21(32-33)22(34)30-13-4-2-3-12(7-13)29-20-17(25)9-27-19(31-20)15-8-26-18-14(15)5-11(23)6-16(18)24/h5-6,8-10,12-13,26H,2-4,7H2,1H3,(H,30,34)(H,27,29,31)/t12-,13+/m0/s1. The first kappa shape index (κ1) is 21.9. The summed E-state index contributed by atoms with van der Waals surface area (Å²) in [7, 11) is 1.68. The second kappa shape index (κ2) is 8.76. The monoisotopic (exact) mass is 470 g/mol. The lowest BCUT2D eigenvalue weighted by atomic mass is 9.91. The smallest absolute Gasteiger partial charge is 0.291 e. The van der Waals surface area contributed by atoms with Crippen LogP contribution in [0.1, 0.15) is 36.3 Å². The van der Waals surface area contributed by atoms with Crippen LogP contribution in [0.5, 0.6) is 0 Å². The Morgan fingerprint density at radius 3 is 2.76 bits per heavy atom. The quantitative estimate of drug-likeness (QED) is 0.412. The number of fused-ring (bicyclic) bond motifs is 1. The molecule has 1 amide bonds. The number of hydrogen-bond donors (Lipinski definition) is 3. The number of carbonyl (C=O) groups excluding carboxylic acids is 1. The molecule has 1 aliphatic carbocycles. The van der Waals surface area contributed by atoms with Crippen LogP contribution in [0, 0.1) is 17.5 Å². The Balaban J connectivity index is 1.33. The van der Waals surface area contributed by atoms with E-state index in [2.05, 4.69) is 35.7 Å². The van der Waals surface area contributed by atoms with Gasteiger partial charge in [-0.1, -0.05) is 0 Å². The molecule has 0 saturated heterocycles. The number of benzene rings is 1. The lowest BCUT2D eigenvalue weighted by Gasteiger charge is -2.30. The molecule has 176 valence electrons. The highest BCUT2D eigenvalue weighted by atomic mass is 19.1. The molecule has 2 atom stereocenters. The number of amides is 1. The zero-order valence-corrected chi connectivity index (χ0v) is 18.1. The molecule has 1 saturated carbocycles. The number of halogens is 3. The van der Waals surface area contributed by atoms with E-state index in [9.17, 15) is 18.0 Å². The van der Waals surface area contributed by atoms with Crippen molar-refractivity contribution in [2.75, 3.05) is 5.32 Å². The second-order valence-corrected chi connectivity index (χ2v) is 8.32. The van der Waals surface area contributed by atoms with Crippen molar-refractivity contribution in [1.29, 1.82) is 0 Å². The zero-order chi connectivity index (χ0) is 23.8. The number of nitrogens with zero attached hydrogens (tertiary/aromatic N) is 5. The molecule has 0 radical (unpaired) electrons. The molecule has 0 bridgehead atoms. The van der Waals surface area contributed by atoms with Gasteiger partial charge in [0.2, 0.25) is 5.82 Å². The van der Waals surface area contributed by atoms with Gasteiger partial charge >= 0.3 is 0 Å². The topological polar surface area (TPSA) is 113 Å². The van der Waals surface area contributed by atoms with E-state index in [-0.39, 0.29) is 46.4 Å². The van der Waals surface area contributed by atoms with Crippen LogP contribution in [0.15, 0.2) is 30.9 Å². The van der Waals surface area contributed by atoms with E-state index < -0.39 is 17.5 Å². The predicted octanol–water partition coefficient (Wildman–Crippen LogP) is 3.32. The van der Waals surface area contributed by atoms with E-state index >= 15 is 0 Å². The highest BCUT2D eigenvalue weighted by molar-refractivity contribution is 5.94. The third-order valence-corrected chi connectivity index (χ3v) is 5.84. The molecule has 3 N–H and O–H groups in total. The van der Waals surface area contributed by atoms with Crippen molar-refractivity contribution in [3.05, 3.63) is 54.1 Å². The maximum Gasteiger partial charge on any atom is 0.291 e. The average molecular weight is 470 g/mol. The van der Waals surface area contributed by atoms with Gasteiger partial charge in [-0.3, -0.25) is 9.48 Å². The van der Waals surface area contributed by atoms with Gasteiger partial charge in [-0.25, -0.2) is 28.1 Å². The summed E-state index contributed by atoms with van der Waals surface area (Å²) in [5, 5.41) is 10.3. The molecular weight excluding hydrogens is 449 g/mol. The third-order valence-electron chi connectivity index (χ3n) is 5.84. The Kier molecular flexibility index (Phi) is 5.64. The van der Waals surface area contributed by atoms with Crippen LogP contribution in [-0.2, 0) is 7.05 Å². The molecule has 12 heteroatoms. The fourth-order valence-electron chi connectivity index (χ4n) is 4.28. The van der Waals surface area contributed by atoms with Gasteiger partial charge in [-0.15, -0.1) is 5.10 Å². The lowest BCUT2D eigenvalue weighted by Crippen LogP contribution is -2.42. The summed E-state index contributed by atoms with van der Waals surface area (Å²) in [5.74, 6) is -2.27. The number of anilines is 1. The highest BCUT2D eigenvalue weighted by Gasteiger charge is 2.26. The molecule has 5 rings (SSSR count). The van der Waals surface area contributed by atoms with E-state index in [1.807, 2.05) is 0 Å². The Morgan fingerprint density at radius 1 is 1.15 bits per heavy atom. The molecular formula is C22H21F3N8O. The molecule has 0 unspecified atom stereocenters. The number of H-pyrrole nitrogens is 1. The Hall–Kier alpha value is -3.96. The molecule has 3 heterocycles. The minimum atomic E-state index is -0.738. The van der Waals surface area contributed by atoms with Crippen LogP contribution >= 0.6 is 0 Å². The summed E-state index contributed by atoms with van der Waals surface area (Å²) < 4.78 is 43.8. The van der Waals surface area contributed by atoms with Crippen LogP contribution in [0.2, 0.25) is 0 Å². The van der Waals surface area contributed by atoms with Crippen LogP contribution in [0.4, 0.5) is 19.0 Å². The van der Waals surface area contributed by atoms with Gasteiger partial charge in [0, 0.05) is 42.3 Å². The molecule has 9 nitrogen and oxygen atoms in total. The fourth-order valence-corrected chi connectivity index (χ4v) is 4.28. The van der Waals surface area contributed by atoms with E-state index in [4.69, 9.17) is 0 Å². The maximum absolute atomic E-state index is 14.5. The molecule has 1 aliphatic rings. The molecule has 0 aliphatic heterocycles. The van der Waals surface area contributed by atoms with Crippen molar-refractivity contribution >= 4 is 22.6 Å². The lowest BCUT2D eigenvalue weighted by molar-refractivity contribution is 0.0915. The van der Waals surface area contributed by atoms with E-state index in [0.717, 1.165) is 31.5 Å². The largest absolute Gasteiger partial charge is 0.365 e. The van der Waals surface area contributed by atoms with Crippen molar-refractivity contribution in [1.82, 2.24) is 35.0 Å². The van der Waals surface area contributed by atoms with Crippen LogP contribution in [-0.4, -0.2) is 47.7 Å². The number of aromatic amines is 1. The van der Waals surface area contributed by atoms with Gasteiger partial charge < -0.3 is 15.6 Å². The normalized spacial score (nSPS) is 18.2. The van der Waals surface area contributed by atoms with Gasteiger partial charge in [0.25, 0.3) is 5.91 Å². The number of rotatable bonds is 5. The van der Waals surface area contributed by atoms with Crippen LogP contribution < -0.4 is 10.6 Å². The molecule has 34 heavy (non-hydrogen) atoms. The van der Waals surface area contributed by atoms with Gasteiger partial charge in [0.05, 0.1) is 11.7 Å². The average Bonchev–Trinajstić information content (AvgIpc) is 3.42. The van der Waals surface area contributed by atoms with E-state index in [1.54, 1.807) is 7.05 Å². The van der Waals surface area contributed by atoms with Gasteiger partial charge in [-0.2, -0.15) is 0 Å². The number of nitrogens with one attached hydrogen (secondary N) is 3. The van der Waals surface area contributed by atoms with Gasteiger partial charge in [0.1, 0.15) is 18.0 Å². The Bertz CT molecular complexity index is 1370. The fraction of sp³-hybridized carbons (Fsp3) is 0.318. The van der Waals surface area contributed by atoms with Crippen molar-refractivity contribution in [2.45, 2.75) is 37.8 Å². The SMILES string of the molecule is Cn1cnc(C(=O)N[C@@H]2CCC[C@H](Nc3nc(-c4c[nH]c5c(F)cc(F)cc45)ncc3F)C2)n1. The molecule has 1 fully saturated rings. The number of aryl methyl sites for hydroxylation is 1. The minimum Gasteiger partial charge on any atom is -0.365 e. The van der Waals surface area contributed by atoms with Crippen molar-refractivity contribution < 1.29 is 18.0 Å². The Labute approximate surface area is 191 Å². The summed E-state index contributed by atoms with van der Waals surface area (Å²) in [6.45, 7) is 0. The summed E-state index contributed by atoms with van der Waals surface area (Å²) in [6, 6.07) is 1.68. The van der Waals surface area contributed by atoms with Gasteiger partial charge in [-0.05, 0) is 31.7 Å². The summed E-state index contributed by atoms with van der Waals surface area (Å²) in [4.78, 5) is 27.4. The van der Waals surface area contributed by atoms with Crippen LogP contribution in [0.25, 0.3) is 22.3 Å². The maximum atomic E-state index is 14.5. The van der Waals surface area contributed by atoms with Crippen LogP contribution in [0.3, 0.4) is 0 Å². The highest BCUT2D eigenvalue weighted by Crippen LogP contribution is 2.30. The zero-order valence-electron chi connectivity index (χ0n) is 18.1. The van der Waals surface area contributed by atoms with Crippen molar-refractivity contribution in [3.8, 4) is 11.4 Å². The first-order chi connectivity index (χ1) is 16.4. The third kappa shape index (κ3) is 4.30. The summed E-state index contributed by atoms with van der Waals surface area (Å²) in [5.41, 5.74) is 0.472. The van der Waals surface area contributed by atoms with Crippen molar-refractivity contribution in [3.63, 3.8) is 0 Å². The number of aromatic nitrogens is 6.